The fourth-order valence-electron chi connectivity index (χ4n) is 3.47. The van der Waals surface area contributed by atoms with Crippen LogP contribution >= 0.6 is 0 Å². The van der Waals surface area contributed by atoms with Crippen LogP contribution in [0.15, 0.2) is 54.9 Å². The summed E-state index contributed by atoms with van der Waals surface area (Å²) in [5.74, 6) is -0.367. The van der Waals surface area contributed by atoms with Gasteiger partial charge in [-0.2, -0.15) is 18.2 Å². The number of aromatic nitrogens is 3. The number of halogens is 3. The molecule has 9 heteroatoms. The highest BCUT2D eigenvalue weighted by Crippen LogP contribution is 2.48. The summed E-state index contributed by atoms with van der Waals surface area (Å²) in [6.45, 7) is 0.493. The van der Waals surface area contributed by atoms with Gasteiger partial charge in [-0.3, -0.25) is 4.98 Å². The van der Waals surface area contributed by atoms with Gasteiger partial charge in [0, 0.05) is 18.0 Å². The van der Waals surface area contributed by atoms with E-state index < -0.39 is 29.3 Å². The molecule has 0 bridgehead atoms. The van der Waals surface area contributed by atoms with E-state index in [1.54, 1.807) is 6.20 Å². The predicted octanol–water partition coefficient (Wildman–Crippen LogP) is 4.44. The van der Waals surface area contributed by atoms with Crippen molar-refractivity contribution < 1.29 is 22.6 Å². The molecule has 1 saturated heterocycles. The number of rotatable bonds is 6. The van der Waals surface area contributed by atoms with Gasteiger partial charge in [0.05, 0.1) is 24.4 Å². The van der Waals surface area contributed by atoms with Crippen LogP contribution in [0.3, 0.4) is 0 Å². The Bertz CT molecular complexity index is 1070. The second-order valence-electron chi connectivity index (χ2n) is 7.69. The van der Waals surface area contributed by atoms with Crippen LogP contribution in [0.25, 0.3) is 11.3 Å². The summed E-state index contributed by atoms with van der Waals surface area (Å²) in [5.41, 5.74) is 1.49. The van der Waals surface area contributed by atoms with Crippen LogP contribution in [0.2, 0.25) is 0 Å². The second-order valence-corrected chi connectivity index (χ2v) is 7.69. The fourth-order valence-corrected chi connectivity index (χ4v) is 3.47. The maximum atomic E-state index is 13.3. The van der Waals surface area contributed by atoms with E-state index in [0.717, 1.165) is 35.9 Å². The molecule has 1 N–H and O–H groups in total. The molecule has 1 saturated carbocycles. The summed E-state index contributed by atoms with van der Waals surface area (Å²) in [6, 6.07) is 13.7. The first-order valence-corrected chi connectivity index (χ1v) is 9.92. The number of nitrogens with zero attached hydrogens (tertiary/aromatic N) is 3. The van der Waals surface area contributed by atoms with E-state index in [-0.39, 0.29) is 19.2 Å². The molecule has 2 fully saturated rings. The Balaban J connectivity index is 1.38. The maximum Gasteiger partial charge on any atom is 0.423 e. The van der Waals surface area contributed by atoms with Gasteiger partial charge in [0.1, 0.15) is 11.7 Å². The Kier molecular flexibility index (Phi) is 4.77. The zero-order valence-electron chi connectivity index (χ0n) is 16.4. The fraction of sp³-hybridized carbons (Fsp3) is 0.318. The summed E-state index contributed by atoms with van der Waals surface area (Å²) in [6.07, 6.45) is -0.871. The zero-order valence-corrected chi connectivity index (χ0v) is 16.4. The molecule has 0 amide bonds. The van der Waals surface area contributed by atoms with E-state index in [2.05, 4.69) is 20.3 Å². The number of nitrogens with one attached hydrogen (secondary N) is 1. The van der Waals surface area contributed by atoms with Gasteiger partial charge in [-0.1, -0.05) is 30.3 Å². The third-order valence-electron chi connectivity index (χ3n) is 5.44. The highest BCUT2D eigenvalue weighted by molar-refractivity contribution is 5.60. The maximum absolute atomic E-state index is 13.3. The van der Waals surface area contributed by atoms with Crippen molar-refractivity contribution >= 4 is 5.95 Å². The van der Waals surface area contributed by atoms with Crippen LogP contribution in [0.5, 0.6) is 5.88 Å². The number of ether oxygens (including phenoxy) is 2. The van der Waals surface area contributed by atoms with Crippen molar-refractivity contribution in [3.05, 3.63) is 66.0 Å². The Morgan fingerprint density at radius 3 is 2.39 bits per heavy atom. The van der Waals surface area contributed by atoms with E-state index in [1.807, 2.05) is 42.5 Å². The number of pyridine rings is 1. The molecule has 1 aliphatic heterocycles. The number of hydrogen-bond donors (Lipinski definition) is 1. The van der Waals surface area contributed by atoms with Crippen molar-refractivity contribution in [1.82, 2.24) is 15.0 Å². The molecular formula is C22H19F3N4O2. The Morgan fingerprint density at radius 1 is 1.03 bits per heavy atom. The van der Waals surface area contributed by atoms with Crippen LogP contribution in [0, 0.1) is 0 Å². The van der Waals surface area contributed by atoms with Gasteiger partial charge >= 0.3 is 6.18 Å². The first-order valence-electron chi connectivity index (χ1n) is 9.92. The van der Waals surface area contributed by atoms with Gasteiger partial charge in [0.25, 0.3) is 0 Å². The van der Waals surface area contributed by atoms with Crippen molar-refractivity contribution in [3.8, 4) is 17.1 Å². The molecule has 5 rings (SSSR count). The lowest BCUT2D eigenvalue weighted by Gasteiger charge is -2.27. The Morgan fingerprint density at radius 2 is 1.81 bits per heavy atom. The molecule has 1 aromatic carbocycles. The smallest absolute Gasteiger partial charge is 0.423 e. The molecule has 2 aliphatic rings. The van der Waals surface area contributed by atoms with E-state index in [0.29, 0.717) is 0 Å². The molecule has 160 valence electrons. The minimum Gasteiger partial charge on any atom is -0.469 e. The third kappa shape index (κ3) is 4.05. The number of alkyl halides is 3. The van der Waals surface area contributed by atoms with Crippen LogP contribution in [0.4, 0.5) is 19.1 Å². The molecule has 31 heavy (non-hydrogen) atoms. The number of benzene rings is 1. The lowest BCUT2D eigenvalue weighted by Crippen LogP contribution is -2.39. The monoisotopic (exact) mass is 428 g/mol. The molecule has 3 heterocycles. The summed E-state index contributed by atoms with van der Waals surface area (Å²) in [7, 11) is 0. The average molecular weight is 428 g/mol. The minimum absolute atomic E-state index is 0.106. The standard InChI is InChI=1S/C22H19F3N4O2/c23-22(24,25)17-11-27-20(28-19(17)31-16-12-30-13-16)29-21(8-9-21)15-6-4-14(5-7-15)18-3-1-2-10-26-18/h1-7,10-11,16H,8-9,12-13H2,(H,27,28,29). The highest BCUT2D eigenvalue weighted by Gasteiger charge is 2.45. The van der Waals surface area contributed by atoms with Crippen LogP contribution in [-0.4, -0.2) is 34.3 Å². The zero-order chi connectivity index (χ0) is 21.5. The van der Waals surface area contributed by atoms with E-state index >= 15 is 0 Å². The van der Waals surface area contributed by atoms with Gasteiger partial charge in [-0.05, 0) is 30.5 Å². The predicted molar refractivity (Wildman–Crippen MR) is 106 cm³/mol. The second kappa shape index (κ2) is 7.49. The van der Waals surface area contributed by atoms with Crippen molar-refractivity contribution in [3.63, 3.8) is 0 Å². The molecule has 0 spiro atoms. The van der Waals surface area contributed by atoms with E-state index in [1.165, 1.54) is 0 Å². The van der Waals surface area contributed by atoms with Gasteiger partial charge in [-0.25, -0.2) is 4.98 Å². The third-order valence-corrected chi connectivity index (χ3v) is 5.44. The normalized spacial score (nSPS) is 17.6. The first-order chi connectivity index (χ1) is 14.9. The Labute approximate surface area is 176 Å². The average Bonchev–Trinajstić information content (AvgIpc) is 3.51. The van der Waals surface area contributed by atoms with Crippen LogP contribution in [-0.2, 0) is 16.5 Å². The molecule has 0 atom stereocenters. The molecular weight excluding hydrogens is 409 g/mol. The minimum atomic E-state index is -4.60. The van der Waals surface area contributed by atoms with Gasteiger partial charge < -0.3 is 14.8 Å². The largest absolute Gasteiger partial charge is 0.469 e. The first kappa shape index (κ1) is 19.7. The topological polar surface area (TPSA) is 69.2 Å². The van der Waals surface area contributed by atoms with Gasteiger partial charge in [0.2, 0.25) is 11.8 Å². The summed E-state index contributed by atoms with van der Waals surface area (Å²) in [4.78, 5) is 12.3. The SMILES string of the molecule is FC(F)(F)c1cnc(NC2(c3ccc(-c4ccccn4)cc3)CC2)nc1OC1COC1. The van der Waals surface area contributed by atoms with Gasteiger partial charge in [-0.15, -0.1) is 0 Å². The lowest BCUT2D eigenvalue weighted by atomic mass is 10.0. The summed E-state index contributed by atoms with van der Waals surface area (Å²) in [5, 5.41) is 3.22. The van der Waals surface area contributed by atoms with E-state index in [4.69, 9.17) is 9.47 Å². The van der Waals surface area contributed by atoms with Crippen molar-refractivity contribution in [2.75, 3.05) is 18.5 Å². The molecule has 1 aliphatic carbocycles. The van der Waals surface area contributed by atoms with Gasteiger partial charge in [0.15, 0.2) is 0 Å². The quantitative estimate of drug-likeness (QED) is 0.626. The molecule has 0 radical (unpaired) electrons. The van der Waals surface area contributed by atoms with Crippen molar-refractivity contribution in [2.45, 2.75) is 30.7 Å². The summed E-state index contributed by atoms with van der Waals surface area (Å²) < 4.78 is 50.4. The molecule has 2 aromatic heterocycles. The molecule has 0 unspecified atom stereocenters. The molecule has 3 aromatic rings. The highest BCUT2D eigenvalue weighted by atomic mass is 19.4. The van der Waals surface area contributed by atoms with Crippen molar-refractivity contribution in [1.29, 1.82) is 0 Å². The number of hydrogen-bond acceptors (Lipinski definition) is 6. The van der Waals surface area contributed by atoms with Crippen LogP contribution in [0.1, 0.15) is 24.0 Å². The van der Waals surface area contributed by atoms with Crippen LogP contribution < -0.4 is 10.1 Å². The lowest BCUT2D eigenvalue weighted by molar-refractivity contribution is -0.142. The molecule has 6 nitrogen and oxygen atoms in total. The summed E-state index contributed by atoms with van der Waals surface area (Å²) >= 11 is 0. The Hall–Kier alpha value is -3.20. The van der Waals surface area contributed by atoms with E-state index in [9.17, 15) is 13.2 Å². The van der Waals surface area contributed by atoms with Crippen molar-refractivity contribution in [2.24, 2.45) is 0 Å². The number of anilines is 1.